The van der Waals surface area contributed by atoms with Gasteiger partial charge in [0.15, 0.2) is 5.82 Å². The highest BCUT2D eigenvalue weighted by atomic mass is 35.5. The average Bonchev–Trinajstić information content (AvgIpc) is 3.24. The van der Waals surface area contributed by atoms with Gasteiger partial charge < -0.3 is 10.1 Å². The molecule has 29 heavy (non-hydrogen) atoms. The molecule has 0 bridgehead atoms. The number of carbonyl (C=O) groups excluding carboxylic acids is 2. The fourth-order valence-electron chi connectivity index (χ4n) is 2.95. The zero-order valence-corrected chi connectivity index (χ0v) is 16.7. The number of methoxy groups -OCH3 is 1. The highest BCUT2D eigenvalue weighted by molar-refractivity contribution is 6.44. The van der Waals surface area contributed by atoms with Crippen LogP contribution in [0.5, 0.6) is 5.75 Å². The zero-order valence-electron chi connectivity index (χ0n) is 15.1. The van der Waals surface area contributed by atoms with Gasteiger partial charge in [0.05, 0.1) is 29.3 Å². The maximum Gasteiger partial charge on any atom is 0.252 e. The van der Waals surface area contributed by atoms with Gasteiger partial charge in [-0.05, 0) is 36.4 Å². The number of nitrogens with zero attached hydrogens (tertiary/aromatic N) is 3. The van der Waals surface area contributed by atoms with Crippen molar-refractivity contribution in [2.24, 2.45) is 0 Å². The second kappa shape index (κ2) is 7.73. The average molecular weight is 432 g/mol. The van der Waals surface area contributed by atoms with Crippen molar-refractivity contribution in [3.05, 3.63) is 52.5 Å². The summed E-state index contributed by atoms with van der Waals surface area (Å²) in [5, 5.41) is 10.3. The topological polar surface area (TPSA) is 98.1 Å². The third-order valence-electron chi connectivity index (χ3n) is 4.42. The summed E-state index contributed by atoms with van der Waals surface area (Å²) >= 11 is 12.1. The number of anilines is 2. The molecule has 10 heteroatoms. The molecule has 1 aliphatic rings. The van der Waals surface area contributed by atoms with Crippen LogP contribution in [0.4, 0.5) is 11.6 Å². The molecular weight excluding hydrogens is 417 g/mol. The SMILES string of the molecule is COc1ccc(-c2nc3n(n2)[C@@H](CC(=O)Nc2cccc(Cl)c2Cl)C(=O)N3)cc1. The summed E-state index contributed by atoms with van der Waals surface area (Å²) in [7, 11) is 1.58. The van der Waals surface area contributed by atoms with E-state index in [0.29, 0.717) is 28.2 Å². The zero-order chi connectivity index (χ0) is 20.5. The van der Waals surface area contributed by atoms with E-state index in [4.69, 9.17) is 27.9 Å². The number of aromatic nitrogens is 3. The van der Waals surface area contributed by atoms with Gasteiger partial charge in [0, 0.05) is 5.56 Å². The molecule has 148 valence electrons. The van der Waals surface area contributed by atoms with E-state index in [0.717, 1.165) is 5.56 Å². The van der Waals surface area contributed by atoms with E-state index in [-0.39, 0.29) is 17.4 Å². The lowest BCUT2D eigenvalue weighted by Crippen LogP contribution is -2.23. The van der Waals surface area contributed by atoms with Gasteiger partial charge in [0.2, 0.25) is 11.9 Å². The molecule has 2 amide bonds. The lowest BCUT2D eigenvalue weighted by molar-refractivity contribution is -0.123. The molecule has 2 N–H and O–H groups in total. The van der Waals surface area contributed by atoms with Gasteiger partial charge in [0.1, 0.15) is 11.8 Å². The molecule has 0 spiro atoms. The van der Waals surface area contributed by atoms with Crippen molar-refractivity contribution in [1.82, 2.24) is 14.8 Å². The van der Waals surface area contributed by atoms with E-state index in [1.807, 2.05) is 12.1 Å². The van der Waals surface area contributed by atoms with Crippen molar-refractivity contribution in [3.63, 3.8) is 0 Å². The molecule has 1 atom stereocenters. The minimum absolute atomic E-state index is 0.132. The first-order valence-corrected chi connectivity index (χ1v) is 9.37. The quantitative estimate of drug-likeness (QED) is 0.640. The predicted molar refractivity (Wildman–Crippen MR) is 109 cm³/mol. The van der Waals surface area contributed by atoms with E-state index in [1.165, 1.54) is 4.68 Å². The molecule has 1 aliphatic heterocycles. The maximum absolute atomic E-state index is 12.5. The lowest BCUT2D eigenvalue weighted by atomic mass is 10.2. The summed E-state index contributed by atoms with van der Waals surface area (Å²) in [5.41, 5.74) is 1.14. The van der Waals surface area contributed by atoms with Crippen LogP contribution in [-0.2, 0) is 9.59 Å². The number of carbonyl (C=O) groups is 2. The monoisotopic (exact) mass is 431 g/mol. The third kappa shape index (κ3) is 3.76. The maximum atomic E-state index is 12.5. The second-order valence-electron chi connectivity index (χ2n) is 6.29. The number of nitrogens with one attached hydrogen (secondary N) is 2. The van der Waals surface area contributed by atoms with Crippen molar-refractivity contribution in [3.8, 4) is 17.1 Å². The number of benzene rings is 2. The normalized spacial score (nSPS) is 15.0. The third-order valence-corrected chi connectivity index (χ3v) is 5.24. The first-order chi connectivity index (χ1) is 14.0. The van der Waals surface area contributed by atoms with Gasteiger partial charge in [-0.1, -0.05) is 29.3 Å². The predicted octanol–water partition coefficient (Wildman–Crippen LogP) is 3.78. The van der Waals surface area contributed by atoms with Crippen LogP contribution in [0.3, 0.4) is 0 Å². The molecule has 0 fully saturated rings. The fourth-order valence-corrected chi connectivity index (χ4v) is 3.30. The van der Waals surface area contributed by atoms with Gasteiger partial charge in [-0.25, -0.2) is 4.68 Å². The first-order valence-electron chi connectivity index (χ1n) is 8.62. The van der Waals surface area contributed by atoms with Crippen LogP contribution in [0, 0.1) is 0 Å². The molecule has 4 rings (SSSR count). The van der Waals surface area contributed by atoms with Crippen LogP contribution in [-0.4, -0.2) is 33.7 Å². The minimum atomic E-state index is -0.817. The van der Waals surface area contributed by atoms with Crippen molar-refractivity contribution in [1.29, 1.82) is 0 Å². The van der Waals surface area contributed by atoms with Crippen LogP contribution in [0.2, 0.25) is 10.0 Å². The largest absolute Gasteiger partial charge is 0.497 e. The first kappa shape index (κ1) is 19.2. The Morgan fingerprint density at radius 2 is 2.00 bits per heavy atom. The van der Waals surface area contributed by atoms with Gasteiger partial charge in [-0.15, -0.1) is 5.10 Å². The molecule has 0 aliphatic carbocycles. The molecule has 8 nitrogen and oxygen atoms in total. The number of hydrogen-bond acceptors (Lipinski definition) is 5. The van der Waals surface area contributed by atoms with Gasteiger partial charge in [-0.3, -0.25) is 14.9 Å². The Bertz CT molecular complexity index is 1100. The summed E-state index contributed by atoms with van der Waals surface area (Å²) in [6.45, 7) is 0. The highest BCUT2D eigenvalue weighted by Crippen LogP contribution is 2.32. The number of fused-ring (bicyclic) bond motifs is 1. The Labute approximate surface area is 175 Å². The van der Waals surface area contributed by atoms with E-state index < -0.39 is 11.9 Å². The van der Waals surface area contributed by atoms with Crippen LogP contribution >= 0.6 is 23.2 Å². The highest BCUT2D eigenvalue weighted by Gasteiger charge is 2.35. The van der Waals surface area contributed by atoms with E-state index in [1.54, 1.807) is 37.4 Å². The number of amides is 2. The minimum Gasteiger partial charge on any atom is -0.497 e. The molecular formula is C19H15Cl2N5O3. The van der Waals surface area contributed by atoms with Crippen molar-refractivity contribution < 1.29 is 14.3 Å². The Morgan fingerprint density at radius 1 is 1.24 bits per heavy atom. The molecule has 0 unspecified atom stereocenters. The smallest absolute Gasteiger partial charge is 0.252 e. The van der Waals surface area contributed by atoms with E-state index in [9.17, 15) is 9.59 Å². The van der Waals surface area contributed by atoms with Crippen LogP contribution in [0.25, 0.3) is 11.4 Å². The molecule has 2 heterocycles. The second-order valence-corrected chi connectivity index (χ2v) is 7.08. The number of rotatable bonds is 5. The fraction of sp³-hybridized carbons (Fsp3) is 0.158. The molecule has 1 aromatic heterocycles. The van der Waals surface area contributed by atoms with Gasteiger partial charge >= 0.3 is 0 Å². The molecule has 0 saturated carbocycles. The summed E-state index contributed by atoms with van der Waals surface area (Å²) in [4.78, 5) is 29.1. The lowest BCUT2D eigenvalue weighted by Gasteiger charge is -2.11. The summed E-state index contributed by atoms with van der Waals surface area (Å²) in [5.74, 6) is 0.686. The number of halogens is 2. The van der Waals surface area contributed by atoms with Crippen molar-refractivity contribution in [2.45, 2.75) is 12.5 Å². The molecule has 0 radical (unpaired) electrons. The van der Waals surface area contributed by atoms with Crippen LogP contribution in [0.15, 0.2) is 42.5 Å². The van der Waals surface area contributed by atoms with Gasteiger partial charge in [-0.2, -0.15) is 4.98 Å². The summed E-state index contributed by atoms with van der Waals surface area (Å²) in [6, 6.07) is 11.3. The Kier molecular flexibility index (Phi) is 5.12. The van der Waals surface area contributed by atoms with E-state index in [2.05, 4.69) is 20.7 Å². The molecule has 3 aromatic rings. The Hall–Kier alpha value is -3.10. The van der Waals surface area contributed by atoms with Crippen molar-refractivity contribution >= 4 is 46.7 Å². The molecule has 0 saturated heterocycles. The van der Waals surface area contributed by atoms with Crippen LogP contribution < -0.4 is 15.4 Å². The standard InChI is InChI=1S/C19H15Cl2N5O3/c1-29-11-7-5-10(6-8-11)17-23-19-24-18(28)14(26(19)25-17)9-15(27)22-13-4-2-3-12(20)16(13)21/h2-8,14H,9H2,1H3,(H,22,27)(H,23,24,25,28)/t14-/m0/s1. The Balaban J connectivity index is 1.52. The summed E-state index contributed by atoms with van der Waals surface area (Å²) in [6.07, 6.45) is -0.132. The van der Waals surface area contributed by atoms with E-state index >= 15 is 0 Å². The summed E-state index contributed by atoms with van der Waals surface area (Å²) < 4.78 is 6.56. The van der Waals surface area contributed by atoms with Crippen molar-refractivity contribution in [2.75, 3.05) is 17.7 Å². The number of ether oxygens (including phenoxy) is 1. The molecule has 2 aromatic carbocycles. The van der Waals surface area contributed by atoms with Gasteiger partial charge in [0.25, 0.3) is 5.91 Å². The number of hydrogen-bond donors (Lipinski definition) is 2. The van der Waals surface area contributed by atoms with Crippen LogP contribution in [0.1, 0.15) is 12.5 Å². The Morgan fingerprint density at radius 3 is 2.72 bits per heavy atom.